The van der Waals surface area contributed by atoms with E-state index in [0.717, 1.165) is 5.56 Å². The Hall–Kier alpha value is -3.61. The number of benzene rings is 2. The molecule has 0 bridgehead atoms. The van der Waals surface area contributed by atoms with Crippen LogP contribution in [-0.2, 0) is 19.1 Å². The van der Waals surface area contributed by atoms with Crippen molar-refractivity contribution in [3.8, 4) is 11.5 Å². The lowest BCUT2D eigenvalue weighted by atomic mass is 9.97. The third-order valence-corrected chi connectivity index (χ3v) is 4.76. The highest BCUT2D eigenvalue weighted by Gasteiger charge is 2.27. The molecule has 2 amide bonds. The number of piperidine rings is 1. The van der Waals surface area contributed by atoms with E-state index in [2.05, 4.69) is 0 Å². The molecule has 7 heteroatoms. The van der Waals surface area contributed by atoms with E-state index in [9.17, 15) is 14.4 Å². The van der Waals surface area contributed by atoms with Crippen LogP contribution in [0, 0.1) is 5.92 Å². The summed E-state index contributed by atoms with van der Waals surface area (Å²) in [5.41, 5.74) is 6.08. The van der Waals surface area contributed by atoms with Gasteiger partial charge in [0.1, 0.15) is 11.5 Å². The van der Waals surface area contributed by atoms with Gasteiger partial charge in [-0.05, 0) is 48.7 Å². The largest absolute Gasteiger partial charge is 0.457 e. The number of nitrogens with zero attached hydrogens (tertiary/aromatic N) is 1. The monoisotopic (exact) mass is 408 g/mol. The van der Waals surface area contributed by atoms with Crippen molar-refractivity contribution < 1.29 is 23.9 Å². The van der Waals surface area contributed by atoms with E-state index in [1.54, 1.807) is 12.1 Å². The number of para-hydroxylation sites is 1. The summed E-state index contributed by atoms with van der Waals surface area (Å²) in [6.07, 6.45) is 4.23. The summed E-state index contributed by atoms with van der Waals surface area (Å²) in [7, 11) is 0. The maximum absolute atomic E-state index is 12.2. The van der Waals surface area contributed by atoms with Gasteiger partial charge in [0.15, 0.2) is 6.61 Å². The Morgan fingerprint density at radius 2 is 1.83 bits per heavy atom. The van der Waals surface area contributed by atoms with Crippen LogP contribution < -0.4 is 10.5 Å². The summed E-state index contributed by atoms with van der Waals surface area (Å²) in [6, 6.07) is 16.6. The maximum atomic E-state index is 12.2. The lowest BCUT2D eigenvalue weighted by Gasteiger charge is -2.30. The fourth-order valence-electron chi connectivity index (χ4n) is 3.18. The molecule has 2 aromatic rings. The van der Waals surface area contributed by atoms with E-state index in [1.807, 2.05) is 48.5 Å². The minimum atomic E-state index is -0.624. The SMILES string of the molecule is NC(=O)[C@H]1CCCN(C(=O)COC(=O)/C=C/c2cccc(Oc3ccccc3)c2)C1. The van der Waals surface area contributed by atoms with Gasteiger partial charge < -0.3 is 20.1 Å². The minimum absolute atomic E-state index is 0.274. The summed E-state index contributed by atoms with van der Waals surface area (Å²) in [5.74, 6) is -0.356. The number of hydrogen-bond donors (Lipinski definition) is 1. The van der Waals surface area contributed by atoms with Crippen LogP contribution in [0.4, 0.5) is 0 Å². The van der Waals surface area contributed by atoms with Crippen molar-refractivity contribution >= 4 is 23.9 Å². The van der Waals surface area contributed by atoms with Gasteiger partial charge in [-0.25, -0.2) is 4.79 Å². The van der Waals surface area contributed by atoms with Gasteiger partial charge in [-0.1, -0.05) is 30.3 Å². The van der Waals surface area contributed by atoms with Crippen molar-refractivity contribution in [2.45, 2.75) is 12.8 Å². The molecule has 1 aliphatic rings. The Kier molecular flexibility index (Phi) is 7.21. The average molecular weight is 408 g/mol. The zero-order valence-electron chi connectivity index (χ0n) is 16.5. The predicted molar refractivity (Wildman–Crippen MR) is 111 cm³/mol. The quantitative estimate of drug-likeness (QED) is 0.561. The number of carbonyl (C=O) groups is 3. The Labute approximate surface area is 175 Å². The van der Waals surface area contributed by atoms with Gasteiger partial charge in [0.25, 0.3) is 5.91 Å². The van der Waals surface area contributed by atoms with Gasteiger partial charge in [-0.15, -0.1) is 0 Å². The first-order valence-electron chi connectivity index (χ1n) is 9.76. The van der Waals surface area contributed by atoms with Crippen LogP contribution in [0.15, 0.2) is 60.7 Å². The Balaban J connectivity index is 1.49. The number of likely N-dealkylation sites (tertiary alicyclic amines) is 1. The first kappa shape index (κ1) is 21.1. The molecule has 7 nitrogen and oxygen atoms in total. The highest BCUT2D eigenvalue weighted by molar-refractivity contribution is 5.89. The molecule has 0 aliphatic carbocycles. The Bertz CT molecular complexity index is 926. The number of amides is 2. The molecular weight excluding hydrogens is 384 g/mol. The second-order valence-corrected chi connectivity index (χ2v) is 7.01. The predicted octanol–water partition coefficient (Wildman–Crippen LogP) is 2.76. The number of rotatable bonds is 7. The molecule has 1 fully saturated rings. The zero-order chi connectivity index (χ0) is 21.3. The number of carbonyl (C=O) groups excluding carboxylic acids is 3. The van der Waals surface area contributed by atoms with Crippen LogP contribution in [0.25, 0.3) is 6.08 Å². The molecule has 0 unspecified atom stereocenters. The van der Waals surface area contributed by atoms with Crippen molar-refractivity contribution in [1.82, 2.24) is 4.90 Å². The van der Waals surface area contributed by atoms with E-state index < -0.39 is 11.9 Å². The van der Waals surface area contributed by atoms with E-state index >= 15 is 0 Å². The smallest absolute Gasteiger partial charge is 0.331 e. The van der Waals surface area contributed by atoms with Gasteiger partial charge in [0, 0.05) is 19.2 Å². The minimum Gasteiger partial charge on any atom is -0.457 e. The number of nitrogens with two attached hydrogens (primary N) is 1. The molecule has 3 rings (SSSR count). The zero-order valence-corrected chi connectivity index (χ0v) is 16.5. The van der Waals surface area contributed by atoms with Crippen molar-refractivity contribution in [2.75, 3.05) is 19.7 Å². The fourth-order valence-corrected chi connectivity index (χ4v) is 3.18. The van der Waals surface area contributed by atoms with Crippen molar-refractivity contribution in [3.63, 3.8) is 0 Å². The van der Waals surface area contributed by atoms with Gasteiger partial charge >= 0.3 is 5.97 Å². The third kappa shape index (κ3) is 6.20. The standard InChI is InChI=1S/C23H24N2O5/c24-23(28)18-7-5-13-25(15-18)21(26)16-29-22(27)12-11-17-6-4-10-20(14-17)30-19-8-2-1-3-9-19/h1-4,6,8-12,14,18H,5,7,13,15-16H2,(H2,24,28)/b12-11+/t18-/m0/s1. The first-order valence-corrected chi connectivity index (χ1v) is 9.76. The van der Waals surface area contributed by atoms with Crippen LogP contribution in [0.3, 0.4) is 0 Å². The number of primary amides is 1. The van der Waals surface area contributed by atoms with E-state index in [-0.39, 0.29) is 25.0 Å². The molecule has 2 aromatic carbocycles. The molecule has 1 atom stereocenters. The number of hydrogen-bond acceptors (Lipinski definition) is 5. The van der Waals surface area contributed by atoms with Gasteiger partial charge in [0.05, 0.1) is 5.92 Å². The van der Waals surface area contributed by atoms with Crippen molar-refractivity contribution in [2.24, 2.45) is 11.7 Å². The average Bonchev–Trinajstić information content (AvgIpc) is 2.77. The van der Waals surface area contributed by atoms with Crippen LogP contribution in [0.1, 0.15) is 18.4 Å². The maximum Gasteiger partial charge on any atom is 0.331 e. The van der Waals surface area contributed by atoms with Crippen LogP contribution in [-0.4, -0.2) is 42.4 Å². The normalized spacial score (nSPS) is 16.3. The highest BCUT2D eigenvalue weighted by atomic mass is 16.5. The summed E-state index contributed by atoms with van der Waals surface area (Å²) in [5, 5.41) is 0. The van der Waals surface area contributed by atoms with Gasteiger partial charge in [0.2, 0.25) is 5.91 Å². The molecule has 0 aromatic heterocycles. The van der Waals surface area contributed by atoms with Crippen molar-refractivity contribution in [3.05, 3.63) is 66.2 Å². The van der Waals surface area contributed by atoms with E-state index in [0.29, 0.717) is 30.9 Å². The lowest BCUT2D eigenvalue weighted by molar-refractivity contribution is -0.149. The summed E-state index contributed by atoms with van der Waals surface area (Å²) >= 11 is 0. The van der Waals surface area contributed by atoms with Gasteiger partial charge in [-0.2, -0.15) is 0 Å². The molecule has 0 spiro atoms. The molecule has 0 radical (unpaired) electrons. The molecular formula is C23H24N2O5. The van der Waals surface area contributed by atoms with Crippen LogP contribution in [0.5, 0.6) is 11.5 Å². The molecule has 1 saturated heterocycles. The van der Waals surface area contributed by atoms with Crippen LogP contribution >= 0.6 is 0 Å². The molecule has 2 N–H and O–H groups in total. The van der Waals surface area contributed by atoms with E-state index in [1.165, 1.54) is 11.0 Å². The van der Waals surface area contributed by atoms with Crippen molar-refractivity contribution in [1.29, 1.82) is 0 Å². The van der Waals surface area contributed by atoms with E-state index in [4.69, 9.17) is 15.2 Å². The first-order chi connectivity index (χ1) is 14.5. The lowest BCUT2D eigenvalue weighted by Crippen LogP contribution is -2.45. The van der Waals surface area contributed by atoms with Gasteiger partial charge in [-0.3, -0.25) is 9.59 Å². The van der Waals surface area contributed by atoms with Crippen LogP contribution in [0.2, 0.25) is 0 Å². The third-order valence-electron chi connectivity index (χ3n) is 4.76. The second kappa shape index (κ2) is 10.2. The topological polar surface area (TPSA) is 98.9 Å². The fraction of sp³-hybridized carbons (Fsp3) is 0.261. The number of esters is 1. The summed E-state index contributed by atoms with van der Waals surface area (Å²) in [4.78, 5) is 37.0. The molecule has 1 heterocycles. The Morgan fingerprint density at radius 3 is 2.60 bits per heavy atom. The molecule has 30 heavy (non-hydrogen) atoms. The summed E-state index contributed by atoms with van der Waals surface area (Å²) < 4.78 is 10.8. The molecule has 156 valence electrons. The number of ether oxygens (including phenoxy) is 2. The highest BCUT2D eigenvalue weighted by Crippen LogP contribution is 2.22. The molecule has 1 aliphatic heterocycles. The second-order valence-electron chi connectivity index (χ2n) is 7.01. The molecule has 0 saturated carbocycles. The Morgan fingerprint density at radius 1 is 1.07 bits per heavy atom. The summed E-state index contributed by atoms with van der Waals surface area (Å²) in [6.45, 7) is 0.436.